The monoisotopic (exact) mass is 294 g/mol. The summed E-state index contributed by atoms with van der Waals surface area (Å²) in [7, 11) is 0. The maximum absolute atomic E-state index is 11.6. The molecule has 2 rings (SSSR count). The number of nitrogens with zero attached hydrogens (tertiary/aromatic N) is 2. The van der Waals surface area contributed by atoms with Crippen LogP contribution >= 0.6 is 11.8 Å². The Labute approximate surface area is 124 Å². The first kappa shape index (κ1) is 15.3. The lowest BCUT2D eigenvalue weighted by Crippen LogP contribution is -2.14. The second kappa shape index (κ2) is 7.07. The standard InChI is InChI=1S/C15H22N2O2S/c1-3-11-12(4-2)16-17-14(13(11)15(18)19)20-10-8-6-5-7-9-10/h10H,3-9H2,1-2H3,(H,18,19). The second-order valence-corrected chi connectivity index (χ2v) is 6.48. The Bertz CT molecular complexity index is 485. The predicted molar refractivity (Wildman–Crippen MR) is 80.5 cm³/mol. The molecule has 1 aliphatic carbocycles. The predicted octanol–water partition coefficient (Wildman–Crippen LogP) is 3.72. The van der Waals surface area contributed by atoms with Crippen LogP contribution in [0.15, 0.2) is 5.03 Å². The molecule has 1 aromatic heterocycles. The zero-order valence-electron chi connectivity index (χ0n) is 12.2. The van der Waals surface area contributed by atoms with E-state index >= 15 is 0 Å². The summed E-state index contributed by atoms with van der Waals surface area (Å²) in [4.78, 5) is 11.6. The van der Waals surface area contributed by atoms with Gasteiger partial charge in [0.2, 0.25) is 0 Å². The number of aromatic carboxylic acids is 1. The van der Waals surface area contributed by atoms with Crippen molar-refractivity contribution < 1.29 is 9.90 Å². The molecule has 0 unspecified atom stereocenters. The van der Waals surface area contributed by atoms with E-state index in [1.54, 1.807) is 11.8 Å². The van der Waals surface area contributed by atoms with Gasteiger partial charge < -0.3 is 5.11 Å². The van der Waals surface area contributed by atoms with Gasteiger partial charge in [-0.2, -0.15) is 5.10 Å². The maximum atomic E-state index is 11.6. The molecule has 1 heterocycles. The van der Waals surface area contributed by atoms with Crippen LogP contribution in [0.3, 0.4) is 0 Å². The first-order valence-corrected chi connectivity index (χ1v) is 8.33. The van der Waals surface area contributed by atoms with E-state index < -0.39 is 5.97 Å². The van der Waals surface area contributed by atoms with Crippen molar-refractivity contribution in [3.63, 3.8) is 0 Å². The van der Waals surface area contributed by atoms with Gasteiger partial charge in [0.25, 0.3) is 0 Å². The lowest BCUT2D eigenvalue weighted by atomic mass is 10.0. The Balaban J connectivity index is 2.33. The minimum absolute atomic E-state index is 0.384. The zero-order chi connectivity index (χ0) is 14.5. The number of hydrogen-bond donors (Lipinski definition) is 1. The number of aryl methyl sites for hydroxylation is 1. The Hall–Kier alpha value is -1.10. The van der Waals surface area contributed by atoms with Crippen LogP contribution in [-0.2, 0) is 12.8 Å². The van der Waals surface area contributed by atoms with Crippen LogP contribution in [0.5, 0.6) is 0 Å². The average Bonchev–Trinajstić information content (AvgIpc) is 2.47. The normalized spacial score (nSPS) is 16.3. The minimum Gasteiger partial charge on any atom is -0.478 e. The largest absolute Gasteiger partial charge is 0.478 e. The van der Waals surface area contributed by atoms with Gasteiger partial charge in [0.15, 0.2) is 0 Å². The van der Waals surface area contributed by atoms with E-state index in [1.807, 2.05) is 13.8 Å². The molecule has 0 atom stereocenters. The van der Waals surface area contributed by atoms with Crippen LogP contribution in [0.4, 0.5) is 0 Å². The lowest BCUT2D eigenvalue weighted by molar-refractivity contribution is 0.0690. The Morgan fingerprint density at radius 2 is 1.90 bits per heavy atom. The molecular weight excluding hydrogens is 272 g/mol. The summed E-state index contributed by atoms with van der Waals surface area (Å²) in [5, 5.41) is 19.1. The van der Waals surface area contributed by atoms with Crippen molar-refractivity contribution in [2.45, 2.75) is 69.1 Å². The molecule has 4 nitrogen and oxygen atoms in total. The minimum atomic E-state index is -0.871. The van der Waals surface area contributed by atoms with Gasteiger partial charge in [-0.05, 0) is 31.2 Å². The van der Waals surface area contributed by atoms with Crippen molar-refractivity contribution in [3.8, 4) is 0 Å². The summed E-state index contributed by atoms with van der Waals surface area (Å²) >= 11 is 1.61. The highest BCUT2D eigenvalue weighted by Crippen LogP contribution is 2.35. The van der Waals surface area contributed by atoms with Crippen LogP contribution in [0.1, 0.15) is 67.6 Å². The number of carbonyl (C=O) groups is 1. The number of thioether (sulfide) groups is 1. The quantitative estimate of drug-likeness (QED) is 0.896. The molecule has 1 saturated carbocycles. The maximum Gasteiger partial charge on any atom is 0.338 e. The summed E-state index contributed by atoms with van der Waals surface area (Å²) in [5.41, 5.74) is 2.06. The van der Waals surface area contributed by atoms with Crippen LogP contribution in [0.25, 0.3) is 0 Å². The summed E-state index contributed by atoms with van der Waals surface area (Å²) in [6.07, 6.45) is 7.50. The molecule has 1 N–H and O–H groups in total. The lowest BCUT2D eigenvalue weighted by Gasteiger charge is -2.21. The van der Waals surface area contributed by atoms with Gasteiger partial charge in [0, 0.05) is 5.25 Å². The summed E-state index contributed by atoms with van der Waals surface area (Å²) < 4.78 is 0. The average molecular weight is 294 g/mol. The van der Waals surface area contributed by atoms with Crippen LogP contribution in [0.2, 0.25) is 0 Å². The van der Waals surface area contributed by atoms with E-state index in [9.17, 15) is 9.90 Å². The number of hydrogen-bond acceptors (Lipinski definition) is 4. The summed E-state index contributed by atoms with van der Waals surface area (Å²) in [6.45, 7) is 3.97. The molecule has 0 spiro atoms. The first-order chi connectivity index (χ1) is 9.67. The third-order valence-electron chi connectivity index (χ3n) is 3.86. The Morgan fingerprint density at radius 1 is 1.20 bits per heavy atom. The molecule has 20 heavy (non-hydrogen) atoms. The fourth-order valence-corrected chi connectivity index (χ4v) is 4.10. The molecule has 1 aliphatic rings. The molecule has 1 aromatic rings. The molecule has 0 aliphatic heterocycles. The van der Waals surface area contributed by atoms with Gasteiger partial charge in [0.05, 0.1) is 11.3 Å². The molecule has 0 saturated heterocycles. The van der Waals surface area contributed by atoms with Gasteiger partial charge in [-0.25, -0.2) is 4.79 Å². The Morgan fingerprint density at radius 3 is 2.45 bits per heavy atom. The van der Waals surface area contributed by atoms with Crippen LogP contribution in [-0.4, -0.2) is 26.5 Å². The number of carboxylic acid groups (broad SMARTS) is 1. The third-order valence-corrected chi connectivity index (χ3v) is 5.17. The van der Waals surface area contributed by atoms with Crippen molar-refractivity contribution in [2.75, 3.05) is 0 Å². The molecule has 1 fully saturated rings. The number of rotatable bonds is 5. The number of aromatic nitrogens is 2. The van der Waals surface area contributed by atoms with Gasteiger partial charge in [-0.1, -0.05) is 33.1 Å². The molecule has 0 radical (unpaired) electrons. The molecule has 5 heteroatoms. The second-order valence-electron chi connectivity index (χ2n) is 5.20. The molecule has 110 valence electrons. The molecular formula is C15H22N2O2S. The number of carboxylic acids is 1. The topological polar surface area (TPSA) is 63.1 Å². The molecule has 0 aromatic carbocycles. The van der Waals surface area contributed by atoms with E-state index in [1.165, 1.54) is 19.3 Å². The fourth-order valence-electron chi connectivity index (χ4n) is 2.80. The van der Waals surface area contributed by atoms with Crippen molar-refractivity contribution in [2.24, 2.45) is 0 Å². The van der Waals surface area contributed by atoms with E-state index in [-0.39, 0.29) is 0 Å². The summed E-state index contributed by atoms with van der Waals surface area (Å²) in [5.74, 6) is -0.871. The highest BCUT2D eigenvalue weighted by Gasteiger charge is 2.24. The van der Waals surface area contributed by atoms with E-state index in [0.29, 0.717) is 22.3 Å². The Kier molecular flexibility index (Phi) is 5.40. The van der Waals surface area contributed by atoms with E-state index in [4.69, 9.17) is 0 Å². The summed E-state index contributed by atoms with van der Waals surface area (Å²) in [6, 6.07) is 0. The van der Waals surface area contributed by atoms with E-state index in [0.717, 1.165) is 30.5 Å². The van der Waals surface area contributed by atoms with Gasteiger partial charge >= 0.3 is 5.97 Å². The highest BCUT2D eigenvalue weighted by atomic mass is 32.2. The smallest absolute Gasteiger partial charge is 0.338 e. The van der Waals surface area contributed by atoms with Crippen molar-refractivity contribution in [1.82, 2.24) is 10.2 Å². The van der Waals surface area contributed by atoms with Crippen molar-refractivity contribution in [1.29, 1.82) is 0 Å². The molecule has 0 bridgehead atoms. The SMILES string of the molecule is CCc1nnc(SC2CCCCC2)c(C(=O)O)c1CC. The van der Waals surface area contributed by atoms with Crippen LogP contribution in [0, 0.1) is 0 Å². The van der Waals surface area contributed by atoms with Gasteiger partial charge in [-0.15, -0.1) is 16.9 Å². The van der Waals surface area contributed by atoms with Crippen LogP contribution < -0.4 is 0 Å². The van der Waals surface area contributed by atoms with Gasteiger partial charge in [0.1, 0.15) is 5.03 Å². The fraction of sp³-hybridized carbons (Fsp3) is 0.667. The van der Waals surface area contributed by atoms with E-state index in [2.05, 4.69) is 10.2 Å². The molecule has 0 amide bonds. The van der Waals surface area contributed by atoms with Gasteiger partial charge in [-0.3, -0.25) is 0 Å². The van der Waals surface area contributed by atoms with Crippen molar-refractivity contribution >= 4 is 17.7 Å². The zero-order valence-corrected chi connectivity index (χ0v) is 13.0. The van der Waals surface area contributed by atoms with Crippen molar-refractivity contribution in [3.05, 3.63) is 16.8 Å². The first-order valence-electron chi connectivity index (χ1n) is 7.45. The third kappa shape index (κ3) is 3.32. The highest BCUT2D eigenvalue weighted by molar-refractivity contribution is 7.99.